The zero-order chi connectivity index (χ0) is 16.3. The van der Waals surface area contributed by atoms with Crippen molar-refractivity contribution >= 4 is 21.4 Å². The molecule has 120 valence electrons. The Kier molecular flexibility index (Phi) is 5.20. The van der Waals surface area contributed by atoms with Crippen molar-refractivity contribution in [3.05, 3.63) is 40.7 Å². The Bertz CT molecular complexity index is 728. The first-order valence-corrected chi connectivity index (χ1v) is 9.00. The number of hydrogen-bond donors (Lipinski definition) is 1. The van der Waals surface area contributed by atoms with Crippen LogP contribution >= 0.6 is 11.6 Å². The predicted molar refractivity (Wildman–Crippen MR) is 81.7 cm³/mol. The molecule has 2 aromatic rings. The minimum atomic E-state index is -3.68. The quantitative estimate of drug-likeness (QED) is 0.863. The summed E-state index contributed by atoms with van der Waals surface area (Å²) in [5.74, 6) is 0.271. The predicted octanol–water partition coefficient (Wildman–Crippen LogP) is 2.03. The molecule has 0 saturated carbocycles. The topological polar surface area (TPSA) is 101 Å². The molecule has 0 aliphatic rings. The van der Waals surface area contributed by atoms with Crippen LogP contribution in [0.2, 0.25) is 5.02 Å². The Labute approximate surface area is 134 Å². The van der Waals surface area contributed by atoms with Gasteiger partial charge >= 0.3 is 5.22 Å². The van der Waals surface area contributed by atoms with Gasteiger partial charge in [0, 0.05) is 10.9 Å². The zero-order valence-electron chi connectivity index (χ0n) is 12.5. The highest BCUT2D eigenvalue weighted by Gasteiger charge is 2.28. The normalized spacial score (nSPS) is 14.7. The summed E-state index contributed by atoms with van der Waals surface area (Å²) in [6.45, 7) is 4.03. The molecular formula is C14H19ClN3O3S+. The summed E-state index contributed by atoms with van der Waals surface area (Å²) in [5.41, 5.74) is 4.57. The molecule has 0 fully saturated rings. The maximum absolute atomic E-state index is 12.3. The van der Waals surface area contributed by atoms with Gasteiger partial charge in [-0.3, -0.25) is 0 Å². The van der Waals surface area contributed by atoms with Gasteiger partial charge in [0.05, 0.1) is 5.75 Å². The van der Waals surface area contributed by atoms with E-state index in [1.807, 2.05) is 13.8 Å². The summed E-state index contributed by atoms with van der Waals surface area (Å²) in [7, 11) is -3.68. The van der Waals surface area contributed by atoms with Crippen LogP contribution in [0.25, 0.3) is 0 Å². The number of nitrogens with zero attached hydrogens (tertiary/aromatic N) is 2. The highest BCUT2D eigenvalue weighted by molar-refractivity contribution is 7.90. The summed E-state index contributed by atoms with van der Waals surface area (Å²) >= 11 is 5.78. The van der Waals surface area contributed by atoms with Gasteiger partial charge < -0.3 is 10.2 Å². The third-order valence-corrected chi connectivity index (χ3v) is 5.27. The minimum Gasteiger partial charge on any atom is -0.406 e. The molecule has 0 amide bonds. The molecule has 0 spiro atoms. The molecule has 8 heteroatoms. The molecule has 22 heavy (non-hydrogen) atoms. The van der Waals surface area contributed by atoms with E-state index in [-0.39, 0.29) is 28.8 Å². The molecule has 0 bridgehead atoms. The second-order valence-corrected chi connectivity index (χ2v) is 7.59. The van der Waals surface area contributed by atoms with E-state index in [0.717, 1.165) is 6.42 Å². The molecule has 6 nitrogen and oxygen atoms in total. The molecule has 0 radical (unpaired) electrons. The number of sulfone groups is 1. The van der Waals surface area contributed by atoms with Crippen LogP contribution in [0, 0.1) is 5.92 Å². The van der Waals surface area contributed by atoms with Gasteiger partial charge in [-0.1, -0.05) is 42.7 Å². The summed E-state index contributed by atoms with van der Waals surface area (Å²) < 4.78 is 30.0. The van der Waals surface area contributed by atoms with Crippen LogP contribution < -0.4 is 5.73 Å². The number of aromatic nitrogens is 2. The Balaban J connectivity index is 2.20. The number of hydrogen-bond acceptors (Lipinski definition) is 5. The smallest absolute Gasteiger partial charge is 0.336 e. The maximum Gasteiger partial charge on any atom is 0.336 e. The van der Waals surface area contributed by atoms with Crippen LogP contribution in [0.5, 0.6) is 0 Å². The van der Waals surface area contributed by atoms with Crippen LogP contribution in [0.4, 0.5) is 0 Å². The van der Waals surface area contributed by atoms with E-state index in [0.29, 0.717) is 10.6 Å². The van der Waals surface area contributed by atoms with Crippen LogP contribution in [-0.4, -0.2) is 18.6 Å². The molecular weight excluding hydrogens is 326 g/mol. The number of benzene rings is 1. The van der Waals surface area contributed by atoms with E-state index in [4.69, 9.17) is 16.0 Å². The van der Waals surface area contributed by atoms with Crippen molar-refractivity contribution in [3.8, 4) is 0 Å². The van der Waals surface area contributed by atoms with E-state index in [1.165, 1.54) is 0 Å². The summed E-state index contributed by atoms with van der Waals surface area (Å²) in [6, 6.07) is 6.36. The lowest BCUT2D eigenvalue weighted by Gasteiger charge is -2.09. The number of halogens is 1. The van der Waals surface area contributed by atoms with Gasteiger partial charge in [-0.25, -0.2) is 8.42 Å². The van der Waals surface area contributed by atoms with Crippen LogP contribution in [0.3, 0.4) is 0 Å². The largest absolute Gasteiger partial charge is 0.406 e. The summed E-state index contributed by atoms with van der Waals surface area (Å²) in [5, 5.41) is 7.68. The lowest BCUT2D eigenvalue weighted by atomic mass is 10.0. The van der Waals surface area contributed by atoms with Gasteiger partial charge in [-0.05, 0) is 24.1 Å². The average Bonchev–Trinajstić information content (AvgIpc) is 2.98. The Morgan fingerprint density at radius 3 is 2.50 bits per heavy atom. The van der Waals surface area contributed by atoms with Crippen LogP contribution in [-0.2, 0) is 15.6 Å². The van der Waals surface area contributed by atoms with Crippen molar-refractivity contribution < 1.29 is 18.6 Å². The highest BCUT2D eigenvalue weighted by Crippen LogP contribution is 2.22. The number of rotatable bonds is 6. The summed E-state index contributed by atoms with van der Waals surface area (Å²) in [4.78, 5) is 0. The van der Waals surface area contributed by atoms with E-state index in [2.05, 4.69) is 15.9 Å². The molecule has 0 unspecified atom stereocenters. The maximum atomic E-state index is 12.3. The van der Waals surface area contributed by atoms with Gasteiger partial charge in [-0.2, -0.15) is 0 Å². The fourth-order valence-corrected chi connectivity index (χ4v) is 3.14. The van der Waals surface area contributed by atoms with Crippen molar-refractivity contribution in [2.45, 2.75) is 37.3 Å². The molecule has 1 heterocycles. The molecule has 3 N–H and O–H groups in total. The Hall–Kier alpha value is -1.44. The zero-order valence-corrected chi connectivity index (χ0v) is 14.1. The molecule has 2 rings (SSSR count). The second-order valence-electron chi connectivity index (χ2n) is 5.28. The van der Waals surface area contributed by atoms with Crippen molar-refractivity contribution in [1.29, 1.82) is 0 Å². The second kappa shape index (κ2) is 6.76. The molecule has 0 saturated heterocycles. The average molecular weight is 345 g/mol. The van der Waals surface area contributed by atoms with E-state index in [9.17, 15) is 8.42 Å². The third-order valence-electron chi connectivity index (χ3n) is 3.61. The Morgan fingerprint density at radius 1 is 1.27 bits per heavy atom. The lowest BCUT2D eigenvalue weighted by Crippen LogP contribution is -2.56. The van der Waals surface area contributed by atoms with Crippen LogP contribution in [0.1, 0.15) is 37.8 Å². The minimum absolute atomic E-state index is 0.211. The molecule has 1 aromatic carbocycles. The molecule has 1 aromatic heterocycles. The standard InChI is InChI=1S/C14H18ClN3O3S/c1-3-9(2)12(16)13-17-18-14(21-13)22(19,20)8-10-4-6-11(15)7-5-10/h4-7,9,12H,3,8,16H2,1-2H3/p+1/t9-,12+/m1/s1. The fourth-order valence-electron chi connectivity index (χ4n) is 1.89. The lowest BCUT2D eigenvalue weighted by molar-refractivity contribution is -0.444. The fraction of sp³-hybridized carbons (Fsp3) is 0.429. The first-order valence-electron chi connectivity index (χ1n) is 6.97. The monoisotopic (exact) mass is 344 g/mol. The Morgan fingerprint density at radius 2 is 1.91 bits per heavy atom. The van der Waals surface area contributed by atoms with Crippen molar-refractivity contribution in [2.75, 3.05) is 0 Å². The van der Waals surface area contributed by atoms with Crippen molar-refractivity contribution in [2.24, 2.45) is 5.92 Å². The van der Waals surface area contributed by atoms with Gasteiger partial charge in [0.2, 0.25) is 9.84 Å². The van der Waals surface area contributed by atoms with Crippen LogP contribution in [0.15, 0.2) is 33.9 Å². The van der Waals surface area contributed by atoms with E-state index < -0.39 is 9.84 Å². The van der Waals surface area contributed by atoms with Crippen molar-refractivity contribution in [1.82, 2.24) is 10.2 Å². The first kappa shape index (κ1) is 16.9. The van der Waals surface area contributed by atoms with E-state index in [1.54, 1.807) is 24.3 Å². The highest BCUT2D eigenvalue weighted by atomic mass is 35.5. The van der Waals surface area contributed by atoms with Gasteiger partial charge in [0.1, 0.15) is 0 Å². The molecule has 0 aliphatic heterocycles. The SMILES string of the molecule is CC[C@@H](C)[C@H]([NH3+])c1nnc(S(=O)(=O)Cc2ccc(Cl)cc2)o1. The molecule has 2 atom stereocenters. The van der Waals surface area contributed by atoms with Gasteiger partial charge in [0.15, 0.2) is 6.04 Å². The van der Waals surface area contributed by atoms with E-state index >= 15 is 0 Å². The third kappa shape index (κ3) is 3.85. The number of quaternary nitrogens is 1. The first-order chi connectivity index (χ1) is 10.3. The van der Waals surface area contributed by atoms with Gasteiger partial charge in [-0.15, -0.1) is 5.10 Å². The summed E-state index contributed by atoms with van der Waals surface area (Å²) in [6.07, 6.45) is 0.892. The van der Waals surface area contributed by atoms with Crippen molar-refractivity contribution in [3.63, 3.8) is 0 Å². The van der Waals surface area contributed by atoms with Gasteiger partial charge in [0.25, 0.3) is 5.89 Å². The molecule has 0 aliphatic carbocycles.